The first-order valence-electron chi connectivity index (χ1n) is 22.4. The predicted molar refractivity (Wildman–Crippen MR) is 269 cm³/mol. The molecule has 0 N–H and O–H groups in total. The van der Waals surface area contributed by atoms with Crippen LogP contribution < -0.4 is 0 Å². The molecule has 0 radical (unpaired) electrons. The van der Waals surface area contributed by atoms with Crippen LogP contribution >= 0.6 is 0 Å². The zero-order valence-corrected chi connectivity index (χ0v) is 37.7. The fourth-order valence-electron chi connectivity index (χ4n) is 10.2. The molecule has 9 aromatic carbocycles. The molecule has 0 unspecified atom stereocenters. The third-order valence-electron chi connectivity index (χ3n) is 13.6. The Hall–Kier alpha value is -7.02. The van der Waals surface area contributed by atoms with Gasteiger partial charge in [0.25, 0.3) is 0 Å². The molecule has 0 fully saturated rings. The highest BCUT2D eigenvalue weighted by atomic mass is 14.5. The van der Waals surface area contributed by atoms with Gasteiger partial charge in [-0.2, -0.15) is 0 Å². The lowest BCUT2D eigenvalue weighted by Gasteiger charge is -2.34. The molecule has 0 bridgehead atoms. The Morgan fingerprint density at radius 1 is 0.302 bits per heavy atom. The number of aryl methyl sites for hydroxylation is 4. The minimum Gasteiger partial charge on any atom is -0.0622 e. The van der Waals surface area contributed by atoms with Crippen LogP contribution in [0.2, 0.25) is 0 Å². The molecule has 0 amide bonds. The van der Waals surface area contributed by atoms with Gasteiger partial charge in [-0.1, -0.05) is 237 Å². The van der Waals surface area contributed by atoms with Crippen LogP contribution in [0.5, 0.6) is 0 Å². The zero-order chi connectivity index (χ0) is 43.7. The van der Waals surface area contributed by atoms with E-state index >= 15 is 0 Å². The van der Waals surface area contributed by atoms with Crippen molar-refractivity contribution in [2.75, 3.05) is 0 Å². The fraction of sp³-hybridized carbons (Fsp3) is 0.143. The summed E-state index contributed by atoms with van der Waals surface area (Å²) < 4.78 is 0. The summed E-state index contributed by atoms with van der Waals surface area (Å²) >= 11 is 0. The Morgan fingerprint density at radius 2 is 0.794 bits per heavy atom. The monoisotopic (exact) mass is 812 g/mol. The highest BCUT2D eigenvalue weighted by Crippen LogP contribution is 2.59. The zero-order valence-electron chi connectivity index (χ0n) is 37.7. The van der Waals surface area contributed by atoms with Crippen LogP contribution in [-0.4, -0.2) is 0 Å². The molecule has 0 saturated heterocycles. The minimum absolute atomic E-state index is 0.151. The van der Waals surface area contributed by atoms with Crippen molar-refractivity contribution in [3.8, 4) is 44.5 Å². The van der Waals surface area contributed by atoms with Crippen LogP contribution in [0.15, 0.2) is 212 Å². The van der Waals surface area contributed by atoms with Crippen LogP contribution in [0.3, 0.4) is 0 Å². The van der Waals surface area contributed by atoms with E-state index in [0.717, 1.165) is 0 Å². The lowest BCUT2D eigenvalue weighted by atomic mass is 9.67. The van der Waals surface area contributed by atoms with E-state index in [0.29, 0.717) is 0 Å². The summed E-state index contributed by atoms with van der Waals surface area (Å²) in [5.41, 5.74) is 25.5. The van der Waals surface area contributed by atoms with Crippen LogP contribution in [0.4, 0.5) is 0 Å². The van der Waals surface area contributed by atoms with Crippen molar-refractivity contribution in [2.45, 2.75) is 59.3 Å². The third kappa shape index (κ3) is 7.34. The number of rotatable bonds is 4. The molecule has 2 aliphatic carbocycles. The Balaban J connectivity index is 0.000000143. The molecule has 9 aromatic rings. The van der Waals surface area contributed by atoms with Crippen molar-refractivity contribution >= 4 is 0 Å². The van der Waals surface area contributed by atoms with Gasteiger partial charge in [0.1, 0.15) is 0 Å². The summed E-state index contributed by atoms with van der Waals surface area (Å²) in [6.07, 6.45) is 0. The molecule has 0 heteroatoms. The Labute approximate surface area is 375 Å². The van der Waals surface area contributed by atoms with Crippen LogP contribution in [0, 0.1) is 34.6 Å². The van der Waals surface area contributed by atoms with Gasteiger partial charge in [0, 0.05) is 5.41 Å². The number of hydrogen-bond acceptors (Lipinski definition) is 0. The second-order valence-corrected chi connectivity index (χ2v) is 17.9. The lowest BCUT2D eigenvalue weighted by molar-refractivity contribution is 0.660. The quantitative estimate of drug-likeness (QED) is 0.166. The third-order valence-corrected chi connectivity index (χ3v) is 13.6. The normalized spacial score (nSPS) is 13.3. The van der Waals surface area contributed by atoms with Gasteiger partial charge in [0.15, 0.2) is 0 Å². The highest BCUT2D eigenvalue weighted by Gasteiger charge is 2.47. The van der Waals surface area contributed by atoms with Gasteiger partial charge < -0.3 is 0 Å². The standard InChI is InChI=1S/C34H28.C16H16.C13H12/c1-23-18-20-26(21-19-23)32-25(3)24(2)22-31-33(32)29-16-10-11-17-30(29)34(31,27-12-6-4-7-13-27)28-14-8-5-9-15-28;1-11-8-9-13-12-6-4-5-7-14(12)16(2,3)15(13)10-11;1-11-7-5-6-10-13(11)12-8-3-2-4-9-12/h4-22H,1-3H3;4-10H,1-3H3;2-10H,1H3. The van der Waals surface area contributed by atoms with E-state index in [1.807, 2.05) is 6.07 Å². The van der Waals surface area contributed by atoms with Gasteiger partial charge >= 0.3 is 0 Å². The molecule has 0 atom stereocenters. The largest absolute Gasteiger partial charge is 0.0713 e. The second-order valence-electron chi connectivity index (χ2n) is 17.9. The first-order chi connectivity index (χ1) is 30.6. The average molecular weight is 813 g/mol. The summed E-state index contributed by atoms with van der Waals surface area (Å²) in [6.45, 7) is 15.6. The van der Waals surface area contributed by atoms with Crippen molar-refractivity contribution in [1.82, 2.24) is 0 Å². The maximum atomic E-state index is 2.45. The number of hydrogen-bond donors (Lipinski definition) is 0. The Bertz CT molecular complexity index is 3000. The second kappa shape index (κ2) is 17.0. The number of benzene rings is 9. The van der Waals surface area contributed by atoms with Crippen molar-refractivity contribution in [3.05, 3.63) is 274 Å². The van der Waals surface area contributed by atoms with Gasteiger partial charge in [-0.05, 0) is 129 Å². The summed E-state index contributed by atoms with van der Waals surface area (Å²) in [5, 5.41) is 0. The van der Waals surface area contributed by atoms with E-state index in [-0.39, 0.29) is 10.8 Å². The summed E-state index contributed by atoms with van der Waals surface area (Å²) in [5.74, 6) is 0. The maximum absolute atomic E-state index is 2.45. The first-order valence-corrected chi connectivity index (χ1v) is 22.4. The maximum Gasteiger partial charge on any atom is 0.0713 e. The van der Waals surface area contributed by atoms with Gasteiger partial charge in [0.05, 0.1) is 5.41 Å². The van der Waals surface area contributed by atoms with E-state index in [1.54, 1.807) is 0 Å². The average Bonchev–Trinajstić information content (AvgIpc) is 3.73. The Morgan fingerprint density at radius 3 is 1.41 bits per heavy atom. The molecular weight excluding hydrogens is 757 g/mol. The molecule has 11 rings (SSSR count). The van der Waals surface area contributed by atoms with E-state index < -0.39 is 0 Å². The molecule has 0 heterocycles. The highest BCUT2D eigenvalue weighted by molar-refractivity contribution is 5.97. The van der Waals surface area contributed by atoms with Crippen molar-refractivity contribution in [1.29, 1.82) is 0 Å². The fourth-order valence-corrected chi connectivity index (χ4v) is 10.2. The van der Waals surface area contributed by atoms with E-state index in [2.05, 4.69) is 255 Å². The smallest absolute Gasteiger partial charge is 0.0622 e. The summed E-state index contributed by atoms with van der Waals surface area (Å²) in [6, 6.07) is 77.0. The summed E-state index contributed by atoms with van der Waals surface area (Å²) in [7, 11) is 0. The molecule has 0 aliphatic heterocycles. The molecule has 0 spiro atoms. The SMILES string of the molecule is Cc1ccc(-c2c(C)c(C)cc3c2-c2ccccc2C3(c2ccccc2)c2ccccc2)cc1.Cc1ccc2c(c1)C(C)(C)c1ccccc1-2.Cc1ccccc1-c1ccccc1. The van der Waals surface area contributed by atoms with E-state index in [9.17, 15) is 0 Å². The van der Waals surface area contributed by atoms with Crippen LogP contribution in [0.25, 0.3) is 44.5 Å². The minimum atomic E-state index is -0.355. The van der Waals surface area contributed by atoms with E-state index in [4.69, 9.17) is 0 Å². The van der Waals surface area contributed by atoms with Crippen molar-refractivity contribution in [2.24, 2.45) is 0 Å². The van der Waals surface area contributed by atoms with Crippen LogP contribution in [-0.2, 0) is 10.8 Å². The molecule has 0 aromatic heterocycles. The van der Waals surface area contributed by atoms with Crippen LogP contribution in [0.1, 0.15) is 75.0 Å². The van der Waals surface area contributed by atoms with E-state index in [1.165, 1.54) is 106 Å². The summed E-state index contributed by atoms with van der Waals surface area (Å²) in [4.78, 5) is 0. The van der Waals surface area contributed by atoms with Crippen molar-refractivity contribution < 1.29 is 0 Å². The Kier molecular flexibility index (Phi) is 11.2. The molecule has 0 saturated carbocycles. The molecule has 308 valence electrons. The van der Waals surface area contributed by atoms with Gasteiger partial charge in [-0.3, -0.25) is 0 Å². The predicted octanol–water partition coefficient (Wildman–Crippen LogP) is 16.6. The van der Waals surface area contributed by atoms with Gasteiger partial charge in [0.2, 0.25) is 0 Å². The molecular formula is C63H56. The van der Waals surface area contributed by atoms with Crippen molar-refractivity contribution in [3.63, 3.8) is 0 Å². The first kappa shape index (κ1) is 41.3. The lowest BCUT2D eigenvalue weighted by Crippen LogP contribution is -2.28. The molecule has 2 aliphatic rings. The molecule has 0 nitrogen and oxygen atoms in total. The topological polar surface area (TPSA) is 0 Å². The van der Waals surface area contributed by atoms with Gasteiger partial charge in [-0.25, -0.2) is 0 Å². The molecule has 63 heavy (non-hydrogen) atoms. The van der Waals surface area contributed by atoms with Gasteiger partial charge in [-0.15, -0.1) is 0 Å². The number of fused-ring (bicyclic) bond motifs is 6.